The number of fused-ring (bicyclic) bond motifs is 1. The third-order valence-electron chi connectivity index (χ3n) is 6.09. The smallest absolute Gasteiger partial charge is 0.162 e. The van der Waals surface area contributed by atoms with E-state index in [1.807, 2.05) is 30.3 Å². The molecule has 0 aliphatic rings. The molecule has 11 heteroatoms. The van der Waals surface area contributed by atoms with Crippen LogP contribution in [0, 0.1) is 5.82 Å². The summed E-state index contributed by atoms with van der Waals surface area (Å²) in [4.78, 5) is 9.16. The second-order valence-corrected chi connectivity index (χ2v) is 12.0. The number of nitrogens with two attached hydrogens (primary N) is 1. The van der Waals surface area contributed by atoms with Crippen molar-refractivity contribution in [1.29, 1.82) is 0 Å². The van der Waals surface area contributed by atoms with Crippen LogP contribution in [-0.2, 0) is 23.0 Å². The van der Waals surface area contributed by atoms with Gasteiger partial charge in [-0.1, -0.05) is 23.7 Å². The minimum Gasteiger partial charge on any atom is -0.487 e. The summed E-state index contributed by atoms with van der Waals surface area (Å²) in [6.07, 6.45) is 1.21. The molecule has 2 heterocycles. The predicted molar refractivity (Wildman–Crippen MR) is 154 cm³/mol. The number of rotatable bonds is 10. The lowest BCUT2D eigenvalue weighted by molar-refractivity contribution is 0.306. The number of halogens is 2. The van der Waals surface area contributed by atoms with Gasteiger partial charge in [0, 0.05) is 29.3 Å². The third-order valence-corrected chi connectivity index (χ3v) is 7.33. The average Bonchev–Trinajstić information content (AvgIpc) is 3.39. The second-order valence-electron chi connectivity index (χ2n) is 9.30. The molecule has 0 aliphatic heterocycles. The molecule has 0 aliphatic carbocycles. The number of furan rings is 1. The fourth-order valence-corrected chi connectivity index (χ4v) is 4.83. The third kappa shape index (κ3) is 6.77. The highest BCUT2D eigenvalue weighted by molar-refractivity contribution is 7.90. The van der Waals surface area contributed by atoms with Gasteiger partial charge >= 0.3 is 0 Å². The first-order valence-electron chi connectivity index (χ1n) is 12.4. The summed E-state index contributed by atoms with van der Waals surface area (Å²) in [6, 6.07) is 20.7. The number of nitrogen functional groups attached to an aromatic ring is 1. The van der Waals surface area contributed by atoms with Crippen LogP contribution in [-0.4, -0.2) is 36.9 Å². The lowest BCUT2D eigenvalue weighted by atomic mass is 10.1. The van der Waals surface area contributed by atoms with Crippen LogP contribution in [0.5, 0.6) is 5.75 Å². The summed E-state index contributed by atoms with van der Waals surface area (Å²) in [5.41, 5.74) is 9.15. The molecular weight excluding hydrogens is 555 g/mol. The Kier molecular flexibility index (Phi) is 8.02. The highest BCUT2D eigenvalue weighted by Crippen LogP contribution is 2.33. The van der Waals surface area contributed by atoms with E-state index in [1.54, 1.807) is 30.3 Å². The van der Waals surface area contributed by atoms with Crippen molar-refractivity contribution < 1.29 is 22.0 Å². The Bertz CT molecular complexity index is 1790. The fraction of sp³-hybridized carbons (Fsp3) is 0.172. The molecule has 0 atom stereocenters. The molecule has 0 saturated carbocycles. The van der Waals surface area contributed by atoms with E-state index in [1.165, 1.54) is 18.4 Å². The van der Waals surface area contributed by atoms with E-state index in [0.717, 1.165) is 5.56 Å². The minimum absolute atomic E-state index is 0.0627. The highest BCUT2D eigenvalue weighted by atomic mass is 35.5. The summed E-state index contributed by atoms with van der Waals surface area (Å²) >= 11 is 6.46. The van der Waals surface area contributed by atoms with Crippen LogP contribution < -0.4 is 15.8 Å². The zero-order valence-electron chi connectivity index (χ0n) is 21.5. The SMILES string of the molecule is CS(=O)(=O)CCNCc1ccc(-c2ccc3nc(-c4ccc(OCc5cccc(F)c5)c(Cl)c4)nc(N)c3c2)o1. The number of nitrogens with zero attached hydrogens (tertiary/aromatic N) is 2. The largest absolute Gasteiger partial charge is 0.487 e. The highest BCUT2D eigenvalue weighted by Gasteiger charge is 2.13. The number of aromatic nitrogens is 2. The van der Waals surface area contributed by atoms with Crippen molar-refractivity contribution in [1.82, 2.24) is 15.3 Å². The molecule has 5 rings (SSSR count). The lowest BCUT2D eigenvalue weighted by Gasteiger charge is -2.11. The van der Waals surface area contributed by atoms with Crippen LogP contribution in [0.15, 0.2) is 77.2 Å². The Balaban J connectivity index is 1.30. The molecule has 206 valence electrons. The van der Waals surface area contributed by atoms with E-state index in [-0.39, 0.29) is 18.2 Å². The van der Waals surface area contributed by atoms with E-state index in [2.05, 4.69) is 15.3 Å². The molecular formula is C29H26ClFN4O4S. The first kappa shape index (κ1) is 27.6. The Morgan fingerprint density at radius 3 is 2.62 bits per heavy atom. The number of ether oxygens (including phenoxy) is 1. The van der Waals surface area contributed by atoms with Gasteiger partial charge in [0.2, 0.25) is 0 Å². The topological polar surface area (TPSA) is 120 Å². The summed E-state index contributed by atoms with van der Waals surface area (Å²) in [6.45, 7) is 0.932. The van der Waals surface area contributed by atoms with Gasteiger partial charge in [-0.05, 0) is 66.2 Å². The maximum Gasteiger partial charge on any atom is 0.162 e. The van der Waals surface area contributed by atoms with Crippen molar-refractivity contribution in [2.45, 2.75) is 13.2 Å². The van der Waals surface area contributed by atoms with Crippen molar-refractivity contribution >= 4 is 38.2 Å². The van der Waals surface area contributed by atoms with Crippen LogP contribution in [0.25, 0.3) is 33.6 Å². The van der Waals surface area contributed by atoms with Crippen LogP contribution in [0.1, 0.15) is 11.3 Å². The van der Waals surface area contributed by atoms with Crippen LogP contribution in [0.3, 0.4) is 0 Å². The van der Waals surface area contributed by atoms with Crippen LogP contribution in [0.2, 0.25) is 5.02 Å². The van der Waals surface area contributed by atoms with Crippen LogP contribution >= 0.6 is 11.6 Å². The normalized spacial score (nSPS) is 11.7. The maximum atomic E-state index is 13.4. The van der Waals surface area contributed by atoms with Crippen molar-refractivity contribution in [3.05, 3.63) is 95.0 Å². The molecule has 40 heavy (non-hydrogen) atoms. The maximum absolute atomic E-state index is 13.4. The van der Waals surface area contributed by atoms with Gasteiger partial charge in [0.05, 0.1) is 22.8 Å². The Hall–Kier alpha value is -3.99. The molecule has 0 saturated heterocycles. The van der Waals surface area contributed by atoms with E-state index < -0.39 is 9.84 Å². The summed E-state index contributed by atoms with van der Waals surface area (Å²) in [5, 5.41) is 4.10. The van der Waals surface area contributed by atoms with Gasteiger partial charge in [-0.2, -0.15) is 0 Å². The fourth-order valence-electron chi connectivity index (χ4n) is 4.08. The van der Waals surface area contributed by atoms with Gasteiger partial charge in [-0.3, -0.25) is 0 Å². The van der Waals surface area contributed by atoms with E-state index >= 15 is 0 Å². The first-order chi connectivity index (χ1) is 19.1. The van der Waals surface area contributed by atoms with Crippen LogP contribution in [0.4, 0.5) is 10.2 Å². The molecule has 2 aromatic heterocycles. The van der Waals surface area contributed by atoms with Gasteiger partial charge in [0.15, 0.2) is 5.82 Å². The van der Waals surface area contributed by atoms with Crippen molar-refractivity contribution in [2.24, 2.45) is 0 Å². The van der Waals surface area contributed by atoms with Crippen molar-refractivity contribution in [3.8, 4) is 28.5 Å². The zero-order valence-corrected chi connectivity index (χ0v) is 23.1. The summed E-state index contributed by atoms with van der Waals surface area (Å²) < 4.78 is 47.6. The predicted octanol–water partition coefficient (Wildman–Crippen LogP) is 5.64. The minimum atomic E-state index is -3.02. The van der Waals surface area contributed by atoms with Gasteiger partial charge in [-0.15, -0.1) is 0 Å². The zero-order chi connectivity index (χ0) is 28.3. The lowest BCUT2D eigenvalue weighted by Crippen LogP contribution is -2.21. The quantitative estimate of drug-likeness (QED) is 0.203. The van der Waals surface area contributed by atoms with Gasteiger partial charge in [0.1, 0.15) is 45.3 Å². The molecule has 8 nitrogen and oxygen atoms in total. The monoisotopic (exact) mass is 580 g/mol. The second kappa shape index (κ2) is 11.6. The Morgan fingerprint density at radius 2 is 1.85 bits per heavy atom. The number of nitrogens with one attached hydrogen (secondary N) is 1. The van der Waals surface area contributed by atoms with Gasteiger partial charge < -0.3 is 20.2 Å². The molecule has 0 bridgehead atoms. The standard InChI is InChI=1S/C29H26ClFN4O4S/c1-40(36,37)12-11-33-16-22-7-10-26(39-22)19-5-8-25-23(14-19)28(32)35-29(34-25)20-6-9-27(24(30)15-20)38-17-18-3-2-4-21(31)13-18/h2-10,13-15,33H,11-12,16-17H2,1H3,(H2,32,34,35). The van der Waals surface area contributed by atoms with E-state index in [4.69, 9.17) is 26.5 Å². The molecule has 5 aromatic rings. The molecule has 0 amide bonds. The molecule has 0 spiro atoms. The summed E-state index contributed by atoms with van der Waals surface area (Å²) in [7, 11) is -3.02. The van der Waals surface area contributed by atoms with Gasteiger partial charge in [0.25, 0.3) is 0 Å². The number of anilines is 1. The molecule has 3 N–H and O–H groups in total. The molecule has 0 fully saturated rings. The van der Waals surface area contributed by atoms with Crippen molar-refractivity contribution in [3.63, 3.8) is 0 Å². The van der Waals surface area contributed by atoms with Gasteiger partial charge in [-0.25, -0.2) is 22.8 Å². The average molecular weight is 581 g/mol. The first-order valence-corrected chi connectivity index (χ1v) is 14.8. The number of sulfone groups is 1. The van der Waals surface area contributed by atoms with E-state index in [9.17, 15) is 12.8 Å². The summed E-state index contributed by atoms with van der Waals surface area (Å²) in [5.74, 6) is 2.24. The molecule has 0 radical (unpaired) electrons. The number of hydrogen-bond donors (Lipinski definition) is 2. The number of hydrogen-bond acceptors (Lipinski definition) is 8. The number of benzene rings is 3. The molecule has 0 unspecified atom stereocenters. The van der Waals surface area contributed by atoms with E-state index in [0.29, 0.717) is 69.1 Å². The molecule has 3 aromatic carbocycles. The Morgan fingerprint density at radius 1 is 1.02 bits per heavy atom. The Labute approximate surface area is 235 Å². The van der Waals surface area contributed by atoms with Crippen molar-refractivity contribution in [2.75, 3.05) is 24.3 Å².